The van der Waals surface area contributed by atoms with Gasteiger partial charge in [0.2, 0.25) is 0 Å². The smallest absolute Gasteiger partial charge is 0.0682 e. The highest BCUT2D eigenvalue weighted by Gasteiger charge is 2.18. The number of aromatic nitrogens is 2. The summed E-state index contributed by atoms with van der Waals surface area (Å²) in [5.41, 5.74) is 11.2. The molecule has 1 aromatic heterocycles. The molecule has 0 unspecified atom stereocenters. The second-order valence-electron chi connectivity index (χ2n) is 6.14. The number of likely N-dealkylation sites (tertiary alicyclic amines) is 1. The minimum absolute atomic E-state index is 0. The van der Waals surface area contributed by atoms with Crippen LogP contribution in [0.25, 0.3) is 11.3 Å². The molecule has 0 amide bonds. The Morgan fingerprint density at radius 2 is 2.14 bits per heavy atom. The van der Waals surface area contributed by atoms with Gasteiger partial charge in [-0.25, -0.2) is 0 Å². The highest BCUT2D eigenvalue weighted by Crippen LogP contribution is 2.26. The summed E-state index contributed by atoms with van der Waals surface area (Å²) in [4.78, 5) is 2.47. The maximum atomic E-state index is 6.10. The van der Waals surface area contributed by atoms with Gasteiger partial charge < -0.3 is 5.73 Å². The Labute approximate surface area is 138 Å². The molecule has 3 rings (SSSR count). The SMILES string of the molecule is Cc1ccc(CN2CCC[C@@H](N)C2)c(-c2ccnn2C)c1.Cl. The lowest BCUT2D eigenvalue weighted by Crippen LogP contribution is -2.42. The van der Waals surface area contributed by atoms with E-state index in [1.54, 1.807) is 0 Å². The van der Waals surface area contributed by atoms with Gasteiger partial charge in [-0.1, -0.05) is 17.7 Å². The van der Waals surface area contributed by atoms with E-state index in [0.29, 0.717) is 6.04 Å². The number of halogens is 1. The van der Waals surface area contributed by atoms with Crippen molar-refractivity contribution in [2.24, 2.45) is 12.8 Å². The van der Waals surface area contributed by atoms with E-state index in [-0.39, 0.29) is 12.4 Å². The quantitative estimate of drug-likeness (QED) is 0.946. The summed E-state index contributed by atoms with van der Waals surface area (Å²) in [6.07, 6.45) is 4.21. The summed E-state index contributed by atoms with van der Waals surface area (Å²) >= 11 is 0. The lowest BCUT2D eigenvalue weighted by atomic mass is 9.99. The molecule has 1 atom stereocenters. The van der Waals surface area contributed by atoms with Crippen LogP contribution in [0.1, 0.15) is 24.0 Å². The Kier molecular flexibility index (Phi) is 5.62. The average Bonchev–Trinajstić information content (AvgIpc) is 2.87. The van der Waals surface area contributed by atoms with E-state index in [1.165, 1.54) is 28.8 Å². The number of aryl methyl sites for hydroxylation is 2. The molecule has 2 N–H and O–H groups in total. The third-order valence-corrected chi connectivity index (χ3v) is 4.30. The van der Waals surface area contributed by atoms with Crippen molar-refractivity contribution in [2.75, 3.05) is 13.1 Å². The minimum Gasteiger partial charge on any atom is -0.327 e. The molecule has 4 nitrogen and oxygen atoms in total. The third-order valence-electron chi connectivity index (χ3n) is 4.30. The van der Waals surface area contributed by atoms with Crippen LogP contribution in [-0.4, -0.2) is 33.8 Å². The lowest BCUT2D eigenvalue weighted by Gasteiger charge is -2.31. The molecule has 1 saturated heterocycles. The first-order valence-electron chi connectivity index (χ1n) is 7.69. The van der Waals surface area contributed by atoms with Gasteiger partial charge in [-0.15, -0.1) is 12.4 Å². The number of hydrogen-bond donors (Lipinski definition) is 1. The predicted octanol–water partition coefficient (Wildman–Crippen LogP) is 2.74. The zero-order valence-corrected chi connectivity index (χ0v) is 14.1. The van der Waals surface area contributed by atoms with Crippen molar-refractivity contribution in [3.8, 4) is 11.3 Å². The van der Waals surface area contributed by atoms with Crippen LogP contribution in [0.2, 0.25) is 0 Å². The van der Waals surface area contributed by atoms with Crippen molar-refractivity contribution in [3.63, 3.8) is 0 Å². The predicted molar refractivity (Wildman–Crippen MR) is 93.1 cm³/mol. The highest BCUT2D eigenvalue weighted by molar-refractivity contribution is 5.85. The highest BCUT2D eigenvalue weighted by atomic mass is 35.5. The molecule has 0 radical (unpaired) electrons. The number of nitrogens with two attached hydrogens (primary N) is 1. The van der Waals surface area contributed by atoms with Gasteiger partial charge in [-0.05, 0) is 44.0 Å². The standard InChI is InChI=1S/C17H24N4.ClH/c1-13-5-6-14(11-21-9-3-4-15(18)12-21)16(10-13)17-7-8-19-20(17)2;/h5-8,10,15H,3-4,9,11-12,18H2,1-2H3;1H/t15-;/m1./s1. The maximum Gasteiger partial charge on any atom is 0.0682 e. The molecular weight excluding hydrogens is 296 g/mol. The van der Waals surface area contributed by atoms with E-state index in [2.05, 4.69) is 41.2 Å². The van der Waals surface area contributed by atoms with Gasteiger partial charge in [0, 0.05) is 37.9 Å². The molecule has 5 heteroatoms. The van der Waals surface area contributed by atoms with Crippen LogP contribution < -0.4 is 5.73 Å². The maximum absolute atomic E-state index is 6.10. The molecule has 1 aromatic carbocycles. The van der Waals surface area contributed by atoms with Crippen molar-refractivity contribution in [3.05, 3.63) is 41.6 Å². The van der Waals surface area contributed by atoms with Crippen molar-refractivity contribution in [1.29, 1.82) is 0 Å². The van der Waals surface area contributed by atoms with Crippen molar-refractivity contribution < 1.29 is 0 Å². The van der Waals surface area contributed by atoms with Gasteiger partial charge in [-0.3, -0.25) is 9.58 Å². The van der Waals surface area contributed by atoms with E-state index in [4.69, 9.17) is 5.73 Å². The van der Waals surface area contributed by atoms with Crippen LogP contribution in [0.15, 0.2) is 30.5 Å². The number of rotatable bonds is 3. The summed E-state index contributed by atoms with van der Waals surface area (Å²) < 4.78 is 1.94. The Bertz CT molecular complexity index is 623. The molecule has 2 aromatic rings. The van der Waals surface area contributed by atoms with Gasteiger partial charge in [0.05, 0.1) is 5.69 Å². The van der Waals surface area contributed by atoms with E-state index < -0.39 is 0 Å². The number of hydrogen-bond acceptors (Lipinski definition) is 3. The van der Waals surface area contributed by atoms with E-state index in [9.17, 15) is 0 Å². The number of nitrogens with zero attached hydrogens (tertiary/aromatic N) is 3. The van der Waals surface area contributed by atoms with Crippen LogP contribution in [-0.2, 0) is 13.6 Å². The van der Waals surface area contributed by atoms with Gasteiger partial charge in [-0.2, -0.15) is 5.10 Å². The topological polar surface area (TPSA) is 47.1 Å². The van der Waals surface area contributed by atoms with Crippen molar-refractivity contribution in [1.82, 2.24) is 14.7 Å². The van der Waals surface area contributed by atoms with E-state index >= 15 is 0 Å². The molecule has 1 fully saturated rings. The second-order valence-corrected chi connectivity index (χ2v) is 6.14. The molecule has 0 spiro atoms. The van der Waals surface area contributed by atoms with Crippen molar-refractivity contribution >= 4 is 12.4 Å². The second kappa shape index (κ2) is 7.27. The molecule has 0 aliphatic carbocycles. The van der Waals surface area contributed by atoms with E-state index in [1.807, 2.05) is 17.9 Å². The first kappa shape index (κ1) is 17.0. The molecule has 2 heterocycles. The Hall–Kier alpha value is -1.36. The van der Waals surface area contributed by atoms with Crippen LogP contribution in [0.4, 0.5) is 0 Å². The third kappa shape index (κ3) is 3.69. The summed E-state index contributed by atoms with van der Waals surface area (Å²) in [5.74, 6) is 0. The summed E-state index contributed by atoms with van der Waals surface area (Å²) in [6.45, 7) is 5.25. The van der Waals surface area contributed by atoms with Crippen molar-refractivity contribution in [2.45, 2.75) is 32.4 Å². The molecule has 1 aliphatic rings. The van der Waals surface area contributed by atoms with Gasteiger partial charge in [0.1, 0.15) is 0 Å². The van der Waals surface area contributed by atoms with Crippen LogP contribution in [0.5, 0.6) is 0 Å². The Morgan fingerprint density at radius 1 is 1.32 bits per heavy atom. The average molecular weight is 321 g/mol. The number of piperidine rings is 1. The Balaban J connectivity index is 0.00000176. The summed E-state index contributed by atoms with van der Waals surface area (Å²) in [7, 11) is 2.00. The zero-order valence-electron chi connectivity index (χ0n) is 13.3. The van der Waals surface area contributed by atoms with E-state index in [0.717, 1.165) is 26.1 Å². The lowest BCUT2D eigenvalue weighted by molar-refractivity contribution is 0.202. The van der Waals surface area contributed by atoms with Crippen LogP contribution >= 0.6 is 12.4 Å². The molecular formula is C17H25ClN4. The largest absolute Gasteiger partial charge is 0.327 e. The normalized spacial score (nSPS) is 19.0. The monoisotopic (exact) mass is 320 g/mol. The summed E-state index contributed by atoms with van der Waals surface area (Å²) in [6, 6.07) is 9.11. The Morgan fingerprint density at radius 3 is 2.82 bits per heavy atom. The molecule has 0 saturated carbocycles. The fourth-order valence-electron chi connectivity index (χ4n) is 3.18. The van der Waals surface area contributed by atoms with Crippen LogP contribution in [0.3, 0.4) is 0 Å². The minimum atomic E-state index is 0. The molecule has 120 valence electrons. The van der Waals surface area contributed by atoms with Gasteiger partial charge in [0.25, 0.3) is 0 Å². The molecule has 1 aliphatic heterocycles. The molecule has 0 bridgehead atoms. The fraction of sp³-hybridized carbons (Fsp3) is 0.471. The van der Waals surface area contributed by atoms with Crippen LogP contribution in [0, 0.1) is 6.92 Å². The van der Waals surface area contributed by atoms with Gasteiger partial charge >= 0.3 is 0 Å². The zero-order chi connectivity index (χ0) is 14.8. The first-order chi connectivity index (χ1) is 10.1. The fourth-order valence-corrected chi connectivity index (χ4v) is 3.18. The number of benzene rings is 1. The summed E-state index contributed by atoms with van der Waals surface area (Å²) in [5, 5.41) is 4.31. The van der Waals surface area contributed by atoms with Gasteiger partial charge in [0.15, 0.2) is 0 Å². The molecule has 22 heavy (non-hydrogen) atoms. The first-order valence-corrected chi connectivity index (χ1v) is 7.69.